The van der Waals surface area contributed by atoms with Gasteiger partial charge in [-0.1, -0.05) is 6.92 Å². The van der Waals surface area contributed by atoms with Gasteiger partial charge < -0.3 is 10.8 Å². The van der Waals surface area contributed by atoms with Crippen LogP contribution < -0.4 is 5.73 Å². The van der Waals surface area contributed by atoms with Crippen LogP contribution in [0.25, 0.3) is 0 Å². The van der Waals surface area contributed by atoms with Gasteiger partial charge in [0, 0.05) is 13.2 Å². The molecule has 1 fully saturated rings. The third-order valence-electron chi connectivity index (χ3n) is 2.98. The molecule has 3 N–H and O–H groups in total. The molecule has 1 heterocycles. The second-order valence-corrected chi connectivity index (χ2v) is 3.99. The fourth-order valence-corrected chi connectivity index (χ4v) is 2.07. The molecule has 2 atom stereocenters. The Bertz CT molecular complexity index is 139. The predicted octanol–water partition coefficient (Wildman–Crippen LogP) is 0.776. The Balaban J connectivity index is 2.32. The van der Waals surface area contributed by atoms with Gasteiger partial charge in [0.05, 0.1) is 6.17 Å². The van der Waals surface area contributed by atoms with Crippen LogP contribution >= 0.6 is 0 Å². The molecule has 3 nitrogen and oxygen atoms in total. The van der Waals surface area contributed by atoms with Crippen molar-refractivity contribution in [2.45, 2.75) is 38.8 Å². The predicted molar refractivity (Wildman–Crippen MR) is 54.3 cm³/mol. The molecule has 0 radical (unpaired) electrons. The van der Waals surface area contributed by atoms with E-state index in [0.29, 0.717) is 12.5 Å². The van der Waals surface area contributed by atoms with E-state index in [1.165, 1.54) is 12.8 Å². The molecule has 1 rings (SSSR count). The van der Waals surface area contributed by atoms with Crippen molar-refractivity contribution in [3.63, 3.8) is 0 Å². The molecule has 1 aliphatic rings. The largest absolute Gasteiger partial charge is 0.396 e. The quantitative estimate of drug-likeness (QED) is 0.682. The minimum atomic E-state index is 0.224. The van der Waals surface area contributed by atoms with Crippen LogP contribution in [0.1, 0.15) is 32.6 Å². The Morgan fingerprint density at radius 3 is 3.00 bits per heavy atom. The second kappa shape index (κ2) is 5.58. The van der Waals surface area contributed by atoms with Gasteiger partial charge >= 0.3 is 0 Å². The summed E-state index contributed by atoms with van der Waals surface area (Å²) < 4.78 is 0. The Kier molecular flexibility index (Phi) is 4.70. The number of rotatable bonds is 4. The minimum Gasteiger partial charge on any atom is -0.396 e. The van der Waals surface area contributed by atoms with E-state index in [-0.39, 0.29) is 6.17 Å². The average molecular weight is 186 g/mol. The summed E-state index contributed by atoms with van der Waals surface area (Å²) in [6.45, 7) is 4.66. The van der Waals surface area contributed by atoms with Crippen molar-refractivity contribution in [2.24, 2.45) is 11.7 Å². The zero-order valence-electron chi connectivity index (χ0n) is 8.58. The molecule has 1 saturated heterocycles. The van der Waals surface area contributed by atoms with Gasteiger partial charge in [-0.25, -0.2) is 0 Å². The van der Waals surface area contributed by atoms with E-state index in [4.69, 9.17) is 10.8 Å². The maximum absolute atomic E-state index is 8.85. The average Bonchev–Trinajstić information content (AvgIpc) is 2.18. The molecule has 0 aromatic rings. The number of aliphatic hydroxyl groups excluding tert-OH is 1. The molecule has 1 aliphatic heterocycles. The summed E-state index contributed by atoms with van der Waals surface area (Å²) in [5.74, 6) is 0.663. The van der Waals surface area contributed by atoms with Gasteiger partial charge in [-0.3, -0.25) is 4.90 Å². The molecule has 0 aliphatic carbocycles. The summed E-state index contributed by atoms with van der Waals surface area (Å²) in [5.41, 5.74) is 5.97. The number of piperidine rings is 1. The highest BCUT2D eigenvalue weighted by Gasteiger charge is 2.22. The lowest BCUT2D eigenvalue weighted by molar-refractivity contribution is 0.107. The number of nitrogens with zero attached hydrogens (tertiary/aromatic N) is 1. The van der Waals surface area contributed by atoms with E-state index in [9.17, 15) is 0 Å². The van der Waals surface area contributed by atoms with Crippen molar-refractivity contribution in [1.29, 1.82) is 0 Å². The Morgan fingerprint density at radius 2 is 2.38 bits per heavy atom. The third kappa shape index (κ3) is 3.25. The smallest absolute Gasteiger partial charge is 0.0569 e. The summed E-state index contributed by atoms with van der Waals surface area (Å²) in [5, 5.41) is 8.85. The summed E-state index contributed by atoms with van der Waals surface area (Å²) in [6, 6.07) is 0. The van der Waals surface area contributed by atoms with Gasteiger partial charge in [0.1, 0.15) is 0 Å². The minimum absolute atomic E-state index is 0.224. The summed E-state index contributed by atoms with van der Waals surface area (Å²) in [4.78, 5) is 2.35. The fourth-order valence-electron chi connectivity index (χ4n) is 2.07. The van der Waals surface area contributed by atoms with Crippen molar-refractivity contribution >= 4 is 0 Å². The summed E-state index contributed by atoms with van der Waals surface area (Å²) in [7, 11) is 0. The highest BCUT2D eigenvalue weighted by molar-refractivity contribution is 4.75. The van der Waals surface area contributed by atoms with Crippen LogP contribution in [0.5, 0.6) is 0 Å². The van der Waals surface area contributed by atoms with E-state index in [1.807, 2.05) is 0 Å². The van der Waals surface area contributed by atoms with Crippen LogP contribution in [0, 0.1) is 5.92 Å². The molecular weight excluding hydrogens is 164 g/mol. The lowest BCUT2D eigenvalue weighted by Crippen LogP contribution is -2.47. The first-order valence-corrected chi connectivity index (χ1v) is 5.38. The van der Waals surface area contributed by atoms with E-state index < -0.39 is 0 Å². The van der Waals surface area contributed by atoms with Crippen LogP contribution in [-0.2, 0) is 0 Å². The van der Waals surface area contributed by atoms with Crippen LogP contribution in [0.15, 0.2) is 0 Å². The normalized spacial score (nSPS) is 27.5. The van der Waals surface area contributed by atoms with E-state index in [0.717, 1.165) is 25.9 Å². The highest BCUT2D eigenvalue weighted by Crippen LogP contribution is 2.20. The highest BCUT2D eigenvalue weighted by atomic mass is 16.3. The second-order valence-electron chi connectivity index (χ2n) is 3.99. The number of nitrogens with two attached hydrogens (primary N) is 1. The first-order chi connectivity index (χ1) is 6.27. The van der Waals surface area contributed by atoms with Gasteiger partial charge in [0.25, 0.3) is 0 Å². The molecule has 0 aromatic heterocycles. The van der Waals surface area contributed by atoms with Crippen molar-refractivity contribution < 1.29 is 5.11 Å². The van der Waals surface area contributed by atoms with Gasteiger partial charge in [-0.2, -0.15) is 0 Å². The SMILES string of the molecule is CCC(N)N1CCCC(CCO)C1. The topological polar surface area (TPSA) is 49.5 Å². The monoisotopic (exact) mass is 186 g/mol. The van der Waals surface area contributed by atoms with Crippen LogP contribution in [0.2, 0.25) is 0 Å². The standard InChI is InChI=1S/C10H22N2O/c1-2-10(11)12-6-3-4-9(8-12)5-7-13/h9-10,13H,2-8,11H2,1H3. The maximum atomic E-state index is 8.85. The zero-order chi connectivity index (χ0) is 9.68. The van der Waals surface area contributed by atoms with Crippen LogP contribution in [0.4, 0.5) is 0 Å². The fraction of sp³-hybridized carbons (Fsp3) is 1.00. The molecule has 78 valence electrons. The van der Waals surface area contributed by atoms with Crippen molar-refractivity contribution in [2.75, 3.05) is 19.7 Å². The Hall–Kier alpha value is -0.120. The number of aliphatic hydroxyl groups is 1. The molecule has 0 amide bonds. The molecule has 0 aromatic carbocycles. The molecule has 2 unspecified atom stereocenters. The molecule has 3 heteroatoms. The Labute approximate surface area is 80.9 Å². The molecular formula is C10H22N2O. The van der Waals surface area contributed by atoms with Crippen LogP contribution in [-0.4, -0.2) is 35.9 Å². The first kappa shape index (κ1) is 11.0. The van der Waals surface area contributed by atoms with Gasteiger partial charge in [0.2, 0.25) is 0 Å². The number of hydrogen-bond acceptors (Lipinski definition) is 3. The van der Waals surface area contributed by atoms with Gasteiger partial charge in [-0.15, -0.1) is 0 Å². The van der Waals surface area contributed by atoms with E-state index in [1.54, 1.807) is 0 Å². The van der Waals surface area contributed by atoms with Gasteiger partial charge in [-0.05, 0) is 38.1 Å². The third-order valence-corrected chi connectivity index (χ3v) is 2.98. The van der Waals surface area contributed by atoms with E-state index in [2.05, 4.69) is 11.8 Å². The number of likely N-dealkylation sites (tertiary alicyclic amines) is 1. The lowest BCUT2D eigenvalue weighted by Gasteiger charge is -2.36. The zero-order valence-corrected chi connectivity index (χ0v) is 8.58. The van der Waals surface area contributed by atoms with Crippen LogP contribution in [0.3, 0.4) is 0 Å². The van der Waals surface area contributed by atoms with Crippen molar-refractivity contribution in [3.05, 3.63) is 0 Å². The van der Waals surface area contributed by atoms with Crippen molar-refractivity contribution in [3.8, 4) is 0 Å². The molecule has 0 bridgehead atoms. The molecule has 0 spiro atoms. The maximum Gasteiger partial charge on any atom is 0.0569 e. The van der Waals surface area contributed by atoms with Crippen molar-refractivity contribution in [1.82, 2.24) is 4.90 Å². The summed E-state index contributed by atoms with van der Waals surface area (Å²) >= 11 is 0. The molecule has 0 saturated carbocycles. The lowest BCUT2D eigenvalue weighted by atomic mass is 9.95. The first-order valence-electron chi connectivity index (χ1n) is 5.38. The van der Waals surface area contributed by atoms with Gasteiger partial charge in [0.15, 0.2) is 0 Å². The number of hydrogen-bond donors (Lipinski definition) is 2. The summed E-state index contributed by atoms with van der Waals surface area (Å²) in [6.07, 6.45) is 4.67. The molecule has 13 heavy (non-hydrogen) atoms. The van der Waals surface area contributed by atoms with E-state index >= 15 is 0 Å². The Morgan fingerprint density at radius 1 is 1.62 bits per heavy atom.